The van der Waals surface area contributed by atoms with Gasteiger partial charge in [-0.1, -0.05) is 0 Å². The molecule has 6 atom stereocenters. The Bertz CT molecular complexity index is 375. The maximum Gasteiger partial charge on any atom is 0.0685 e. The molecule has 1 aliphatic heterocycles. The van der Waals surface area contributed by atoms with Crippen molar-refractivity contribution in [2.45, 2.75) is 63.0 Å². The third kappa shape index (κ3) is 1.51. The molecule has 2 nitrogen and oxygen atoms in total. The molecule has 5 rings (SSSR count). The van der Waals surface area contributed by atoms with Gasteiger partial charge in [-0.05, 0) is 86.9 Å². The molecule has 1 spiro atoms. The quantitative estimate of drug-likeness (QED) is 0.829. The third-order valence-corrected chi connectivity index (χ3v) is 7.58. The van der Waals surface area contributed by atoms with Crippen LogP contribution < -0.4 is 5.73 Å². The van der Waals surface area contributed by atoms with Crippen LogP contribution in [0.5, 0.6) is 0 Å². The normalized spacial score (nSPS) is 54.8. The van der Waals surface area contributed by atoms with E-state index in [2.05, 4.69) is 0 Å². The Labute approximate surface area is 116 Å². The average Bonchev–Trinajstić information content (AvgIpc) is 2.84. The molecule has 2 heteroatoms. The van der Waals surface area contributed by atoms with Crippen LogP contribution in [0.25, 0.3) is 0 Å². The lowest BCUT2D eigenvalue weighted by molar-refractivity contribution is -0.147. The zero-order valence-corrected chi connectivity index (χ0v) is 11.9. The molecule has 2 bridgehead atoms. The highest BCUT2D eigenvalue weighted by Gasteiger charge is 2.67. The van der Waals surface area contributed by atoms with E-state index in [9.17, 15) is 0 Å². The van der Waals surface area contributed by atoms with Crippen molar-refractivity contribution >= 4 is 0 Å². The van der Waals surface area contributed by atoms with Crippen molar-refractivity contribution in [1.82, 2.24) is 0 Å². The van der Waals surface area contributed by atoms with Gasteiger partial charge in [0.25, 0.3) is 0 Å². The largest absolute Gasteiger partial charge is 0.375 e. The summed E-state index contributed by atoms with van der Waals surface area (Å²) >= 11 is 0. The van der Waals surface area contributed by atoms with Gasteiger partial charge in [0, 0.05) is 12.6 Å². The molecule has 0 aromatic rings. The fraction of sp³-hybridized carbons (Fsp3) is 1.00. The zero-order chi connectivity index (χ0) is 12.6. The van der Waals surface area contributed by atoms with Crippen molar-refractivity contribution in [3.8, 4) is 0 Å². The van der Waals surface area contributed by atoms with E-state index < -0.39 is 0 Å². The van der Waals surface area contributed by atoms with E-state index in [0.717, 1.165) is 42.1 Å². The number of hydrogen-bond acceptors (Lipinski definition) is 2. The molecule has 19 heavy (non-hydrogen) atoms. The fourth-order valence-electron chi connectivity index (χ4n) is 6.54. The maximum absolute atomic E-state index is 6.74. The van der Waals surface area contributed by atoms with Crippen LogP contribution in [0.15, 0.2) is 0 Å². The lowest BCUT2D eigenvalue weighted by Crippen LogP contribution is -2.50. The first-order chi connectivity index (χ1) is 9.27. The third-order valence-electron chi connectivity index (χ3n) is 7.58. The van der Waals surface area contributed by atoms with Crippen LogP contribution in [-0.2, 0) is 4.74 Å². The second kappa shape index (κ2) is 3.76. The molecule has 6 unspecified atom stereocenters. The van der Waals surface area contributed by atoms with Gasteiger partial charge in [-0.2, -0.15) is 0 Å². The molecule has 106 valence electrons. The van der Waals surface area contributed by atoms with Crippen molar-refractivity contribution < 1.29 is 4.74 Å². The van der Waals surface area contributed by atoms with E-state index >= 15 is 0 Å². The smallest absolute Gasteiger partial charge is 0.0685 e. The predicted molar refractivity (Wildman–Crippen MR) is 74.5 cm³/mol. The second-order valence-electron chi connectivity index (χ2n) is 8.28. The highest BCUT2D eigenvalue weighted by Crippen LogP contribution is 2.70. The topological polar surface area (TPSA) is 35.2 Å². The minimum Gasteiger partial charge on any atom is -0.375 e. The first-order valence-electron chi connectivity index (χ1n) is 8.67. The first kappa shape index (κ1) is 11.6. The molecule has 5 fully saturated rings. The van der Waals surface area contributed by atoms with Crippen molar-refractivity contribution in [3.63, 3.8) is 0 Å². The van der Waals surface area contributed by atoms with Gasteiger partial charge in [0.05, 0.1) is 5.60 Å². The number of ether oxygens (including phenoxy) is 1. The minimum absolute atomic E-state index is 0.281. The summed E-state index contributed by atoms with van der Waals surface area (Å²) in [6.45, 7) is 0.979. The van der Waals surface area contributed by atoms with Crippen LogP contribution in [0.1, 0.15) is 51.4 Å². The van der Waals surface area contributed by atoms with E-state index in [0.29, 0.717) is 6.04 Å². The number of hydrogen-bond donors (Lipinski definition) is 1. The number of rotatable bonds is 2. The van der Waals surface area contributed by atoms with Crippen LogP contribution in [0.2, 0.25) is 0 Å². The van der Waals surface area contributed by atoms with E-state index in [1.807, 2.05) is 0 Å². The monoisotopic (exact) mass is 261 g/mol. The fourth-order valence-corrected chi connectivity index (χ4v) is 6.54. The van der Waals surface area contributed by atoms with E-state index in [1.165, 1.54) is 44.9 Å². The Kier molecular flexibility index (Phi) is 2.29. The molecule has 2 N–H and O–H groups in total. The van der Waals surface area contributed by atoms with Crippen LogP contribution in [0, 0.1) is 35.5 Å². The Hall–Kier alpha value is -0.0800. The van der Waals surface area contributed by atoms with Gasteiger partial charge in [0.15, 0.2) is 0 Å². The Morgan fingerprint density at radius 2 is 1.79 bits per heavy atom. The van der Waals surface area contributed by atoms with Crippen molar-refractivity contribution in [1.29, 1.82) is 0 Å². The molecular formula is C17H27NO. The molecule has 1 heterocycles. The van der Waals surface area contributed by atoms with E-state index in [4.69, 9.17) is 10.5 Å². The predicted octanol–water partition coefficient (Wildman–Crippen LogP) is 2.96. The summed E-state index contributed by atoms with van der Waals surface area (Å²) in [6, 6.07) is 0.500. The number of fused-ring (bicyclic) bond motifs is 5. The summed E-state index contributed by atoms with van der Waals surface area (Å²) in [5.74, 6) is 5.92. The maximum atomic E-state index is 6.74. The van der Waals surface area contributed by atoms with E-state index in [1.54, 1.807) is 6.42 Å². The van der Waals surface area contributed by atoms with Crippen molar-refractivity contribution in [2.24, 2.45) is 41.2 Å². The summed E-state index contributed by atoms with van der Waals surface area (Å²) in [4.78, 5) is 0. The van der Waals surface area contributed by atoms with Gasteiger partial charge in [-0.3, -0.25) is 0 Å². The zero-order valence-electron chi connectivity index (χ0n) is 11.9. The standard InChI is InChI=1S/C17H27NO/c18-16(12-4-7-19-17(9-12)5-1-6-17)15-13-10-2-3-11(8-10)14(13)15/h10-16H,1-9,18H2. The van der Waals surface area contributed by atoms with Gasteiger partial charge in [-0.25, -0.2) is 0 Å². The van der Waals surface area contributed by atoms with Crippen LogP contribution in [0.4, 0.5) is 0 Å². The lowest BCUT2D eigenvalue weighted by Gasteiger charge is -2.48. The molecule has 5 aliphatic rings. The molecule has 0 amide bonds. The average molecular weight is 261 g/mol. The van der Waals surface area contributed by atoms with Crippen molar-refractivity contribution in [2.75, 3.05) is 6.61 Å². The summed E-state index contributed by atoms with van der Waals surface area (Å²) in [7, 11) is 0. The summed E-state index contributed by atoms with van der Waals surface area (Å²) in [6.07, 6.45) is 11.1. The van der Waals surface area contributed by atoms with Gasteiger partial charge in [0.1, 0.15) is 0 Å². The highest BCUT2D eigenvalue weighted by atomic mass is 16.5. The Morgan fingerprint density at radius 3 is 2.42 bits per heavy atom. The first-order valence-corrected chi connectivity index (χ1v) is 8.67. The molecular weight excluding hydrogens is 234 g/mol. The molecule has 0 aromatic carbocycles. The Morgan fingerprint density at radius 1 is 1.05 bits per heavy atom. The number of nitrogens with two attached hydrogens (primary N) is 1. The molecule has 4 aliphatic carbocycles. The molecule has 0 aromatic heterocycles. The Balaban J connectivity index is 1.29. The summed E-state index contributed by atoms with van der Waals surface area (Å²) in [5.41, 5.74) is 7.02. The lowest BCUT2D eigenvalue weighted by atomic mass is 9.69. The van der Waals surface area contributed by atoms with Crippen LogP contribution in [0.3, 0.4) is 0 Å². The second-order valence-corrected chi connectivity index (χ2v) is 8.28. The van der Waals surface area contributed by atoms with Gasteiger partial charge >= 0.3 is 0 Å². The van der Waals surface area contributed by atoms with Gasteiger partial charge < -0.3 is 10.5 Å². The molecule has 4 saturated carbocycles. The SMILES string of the molecule is NC(C1CCOC2(CCC2)C1)C1C2C3CCC(C3)C21. The summed E-state index contributed by atoms with van der Waals surface area (Å²) < 4.78 is 6.07. The van der Waals surface area contributed by atoms with Crippen LogP contribution >= 0.6 is 0 Å². The highest BCUT2D eigenvalue weighted by molar-refractivity contribution is 5.16. The molecule has 1 saturated heterocycles. The van der Waals surface area contributed by atoms with Crippen LogP contribution in [-0.4, -0.2) is 18.2 Å². The van der Waals surface area contributed by atoms with Gasteiger partial charge in [-0.15, -0.1) is 0 Å². The molecule has 0 radical (unpaired) electrons. The minimum atomic E-state index is 0.281. The van der Waals surface area contributed by atoms with Gasteiger partial charge in [0.2, 0.25) is 0 Å². The van der Waals surface area contributed by atoms with E-state index in [-0.39, 0.29) is 5.60 Å². The van der Waals surface area contributed by atoms with Crippen molar-refractivity contribution in [3.05, 3.63) is 0 Å². The summed E-state index contributed by atoms with van der Waals surface area (Å²) in [5, 5.41) is 0.